The average molecular weight is 186 g/mol. The van der Waals surface area contributed by atoms with Gasteiger partial charge in [-0.2, -0.15) is 0 Å². The highest BCUT2D eigenvalue weighted by atomic mass is 16.5. The highest BCUT2D eigenvalue weighted by Crippen LogP contribution is 2.54. The molecule has 1 aliphatic carbocycles. The molecule has 2 nitrogen and oxygen atoms in total. The Labute approximate surface area is 81.3 Å². The Bertz CT molecular complexity index is 191. The molecule has 0 aromatic carbocycles. The number of aliphatic hydroxyl groups excluding tert-OH is 1. The predicted octanol–water partition coefficient (Wildman–Crippen LogP) is 2.06. The van der Waals surface area contributed by atoms with Gasteiger partial charge >= 0.3 is 0 Å². The van der Waals surface area contributed by atoms with Crippen LogP contribution in [0.5, 0.6) is 0 Å². The molecule has 0 bridgehead atoms. The molecule has 13 heavy (non-hydrogen) atoms. The molecule has 78 valence electrons. The molecule has 0 amide bonds. The smallest absolute Gasteiger partial charge is 0.0705 e. The minimum Gasteiger partial charge on any atom is -0.392 e. The molecule has 3 unspecified atom stereocenters. The summed E-state index contributed by atoms with van der Waals surface area (Å²) in [4.78, 5) is 0. The summed E-state index contributed by atoms with van der Waals surface area (Å²) in [6.07, 6.45) is -0.0556. The average Bonchev–Trinajstić information content (AvgIpc) is 1.96. The van der Waals surface area contributed by atoms with E-state index in [-0.39, 0.29) is 29.0 Å². The van der Waals surface area contributed by atoms with E-state index in [1.54, 1.807) is 7.11 Å². The highest BCUT2D eigenvalue weighted by molar-refractivity contribution is 5.08. The van der Waals surface area contributed by atoms with Gasteiger partial charge in [0.15, 0.2) is 0 Å². The lowest BCUT2D eigenvalue weighted by atomic mass is 9.52. The largest absolute Gasteiger partial charge is 0.392 e. The molecule has 0 aromatic heterocycles. The molecule has 1 saturated carbocycles. The lowest BCUT2D eigenvalue weighted by molar-refractivity contribution is -0.242. The van der Waals surface area contributed by atoms with E-state index < -0.39 is 0 Å². The van der Waals surface area contributed by atoms with Crippen LogP contribution in [0.1, 0.15) is 34.6 Å². The van der Waals surface area contributed by atoms with Crippen LogP contribution >= 0.6 is 0 Å². The van der Waals surface area contributed by atoms with Crippen molar-refractivity contribution in [3.63, 3.8) is 0 Å². The van der Waals surface area contributed by atoms with Crippen LogP contribution in [-0.2, 0) is 4.74 Å². The van der Waals surface area contributed by atoms with Gasteiger partial charge in [0.25, 0.3) is 0 Å². The second-order valence-corrected chi connectivity index (χ2v) is 5.81. The lowest BCUT2D eigenvalue weighted by Crippen LogP contribution is -2.66. The number of hydrogen-bond acceptors (Lipinski definition) is 2. The van der Waals surface area contributed by atoms with Crippen molar-refractivity contribution in [3.05, 3.63) is 0 Å². The van der Waals surface area contributed by atoms with Gasteiger partial charge in [-0.1, -0.05) is 34.6 Å². The van der Waals surface area contributed by atoms with Crippen molar-refractivity contribution in [2.75, 3.05) is 7.11 Å². The molecule has 0 radical (unpaired) electrons. The molecule has 3 atom stereocenters. The van der Waals surface area contributed by atoms with Gasteiger partial charge in [0.2, 0.25) is 0 Å². The third kappa shape index (κ3) is 1.50. The molecule has 0 spiro atoms. The van der Waals surface area contributed by atoms with Crippen molar-refractivity contribution in [3.8, 4) is 0 Å². The van der Waals surface area contributed by atoms with Crippen molar-refractivity contribution < 1.29 is 9.84 Å². The molecular formula is C11H22O2. The SMILES string of the molecule is COC1C(C(C)(C)C)C(O)C1(C)C. The monoisotopic (exact) mass is 186 g/mol. The van der Waals surface area contributed by atoms with Crippen LogP contribution < -0.4 is 0 Å². The number of hydrogen-bond donors (Lipinski definition) is 1. The van der Waals surface area contributed by atoms with Gasteiger partial charge in [-0.25, -0.2) is 0 Å². The van der Waals surface area contributed by atoms with E-state index in [2.05, 4.69) is 34.6 Å². The lowest BCUT2D eigenvalue weighted by Gasteiger charge is -2.59. The van der Waals surface area contributed by atoms with Crippen molar-refractivity contribution in [2.24, 2.45) is 16.7 Å². The van der Waals surface area contributed by atoms with Gasteiger partial charge in [-0.15, -0.1) is 0 Å². The second kappa shape index (κ2) is 2.96. The molecule has 1 rings (SSSR count). The van der Waals surface area contributed by atoms with Crippen LogP contribution in [0.4, 0.5) is 0 Å². The Balaban J connectivity index is 2.81. The summed E-state index contributed by atoms with van der Waals surface area (Å²) in [6.45, 7) is 10.6. The number of ether oxygens (including phenoxy) is 1. The van der Waals surface area contributed by atoms with E-state index >= 15 is 0 Å². The summed E-state index contributed by atoms with van der Waals surface area (Å²) >= 11 is 0. The molecule has 0 heterocycles. The molecule has 1 N–H and O–H groups in total. The summed E-state index contributed by atoms with van der Waals surface area (Å²) < 4.78 is 5.45. The van der Waals surface area contributed by atoms with Gasteiger partial charge in [0, 0.05) is 18.4 Å². The van der Waals surface area contributed by atoms with E-state index in [0.29, 0.717) is 0 Å². The highest BCUT2D eigenvalue weighted by Gasteiger charge is 2.59. The Kier molecular flexibility index (Phi) is 2.50. The minimum atomic E-state index is -0.238. The Morgan fingerprint density at radius 2 is 1.69 bits per heavy atom. The molecule has 1 fully saturated rings. The molecule has 1 aliphatic rings. The fraction of sp³-hybridized carbons (Fsp3) is 1.00. The summed E-state index contributed by atoms with van der Waals surface area (Å²) in [7, 11) is 1.73. The third-order valence-corrected chi connectivity index (χ3v) is 3.42. The maximum atomic E-state index is 9.99. The predicted molar refractivity (Wildman–Crippen MR) is 53.5 cm³/mol. The number of rotatable bonds is 1. The van der Waals surface area contributed by atoms with Gasteiger partial charge in [-0.3, -0.25) is 0 Å². The van der Waals surface area contributed by atoms with Gasteiger partial charge in [-0.05, 0) is 5.41 Å². The summed E-state index contributed by atoms with van der Waals surface area (Å²) in [5, 5.41) is 9.99. The first-order valence-corrected chi connectivity index (χ1v) is 4.93. The zero-order chi connectivity index (χ0) is 10.4. The maximum Gasteiger partial charge on any atom is 0.0705 e. The molecule has 2 heteroatoms. The Morgan fingerprint density at radius 1 is 1.23 bits per heavy atom. The molecule has 0 aliphatic heterocycles. The van der Waals surface area contributed by atoms with Crippen LogP contribution in [0, 0.1) is 16.7 Å². The van der Waals surface area contributed by atoms with Crippen molar-refractivity contribution in [1.29, 1.82) is 0 Å². The first-order valence-electron chi connectivity index (χ1n) is 4.93. The normalized spacial score (nSPS) is 38.5. The fourth-order valence-electron chi connectivity index (χ4n) is 2.52. The fourth-order valence-corrected chi connectivity index (χ4v) is 2.52. The minimum absolute atomic E-state index is 0.0906. The molecule has 0 aromatic rings. The standard InChI is InChI=1S/C11H22O2/c1-10(2,3)7-8(12)11(4,5)9(7)13-6/h7-9,12H,1-6H3. The van der Waals surface area contributed by atoms with Gasteiger partial charge in [0.1, 0.15) is 0 Å². The van der Waals surface area contributed by atoms with Gasteiger partial charge in [0.05, 0.1) is 12.2 Å². The van der Waals surface area contributed by atoms with E-state index in [4.69, 9.17) is 4.74 Å². The zero-order valence-electron chi connectivity index (χ0n) is 9.59. The van der Waals surface area contributed by atoms with Crippen LogP contribution in [0.15, 0.2) is 0 Å². The van der Waals surface area contributed by atoms with Crippen LogP contribution in [0.2, 0.25) is 0 Å². The first kappa shape index (κ1) is 11.0. The maximum absolute atomic E-state index is 9.99. The summed E-state index contributed by atoms with van der Waals surface area (Å²) in [5.41, 5.74) is 0.0301. The van der Waals surface area contributed by atoms with E-state index in [0.717, 1.165) is 0 Å². The van der Waals surface area contributed by atoms with Crippen LogP contribution in [0.25, 0.3) is 0 Å². The van der Waals surface area contributed by atoms with Crippen molar-refractivity contribution in [2.45, 2.75) is 46.8 Å². The summed E-state index contributed by atoms with van der Waals surface area (Å²) in [5.74, 6) is 0.257. The van der Waals surface area contributed by atoms with Crippen molar-refractivity contribution in [1.82, 2.24) is 0 Å². The van der Waals surface area contributed by atoms with E-state index in [1.165, 1.54) is 0 Å². The third-order valence-electron chi connectivity index (χ3n) is 3.42. The van der Waals surface area contributed by atoms with Crippen LogP contribution in [-0.4, -0.2) is 24.4 Å². The number of methoxy groups -OCH3 is 1. The summed E-state index contributed by atoms with van der Waals surface area (Å²) in [6, 6.07) is 0. The number of aliphatic hydroxyl groups is 1. The first-order chi connectivity index (χ1) is 5.73. The van der Waals surface area contributed by atoms with E-state index in [1.807, 2.05) is 0 Å². The second-order valence-electron chi connectivity index (χ2n) is 5.81. The van der Waals surface area contributed by atoms with Gasteiger partial charge < -0.3 is 9.84 Å². The van der Waals surface area contributed by atoms with Crippen molar-refractivity contribution >= 4 is 0 Å². The molecular weight excluding hydrogens is 164 g/mol. The van der Waals surface area contributed by atoms with Crippen LogP contribution in [0.3, 0.4) is 0 Å². The van der Waals surface area contributed by atoms with E-state index in [9.17, 15) is 5.11 Å². The molecule has 0 saturated heterocycles. The Hall–Kier alpha value is -0.0800. The topological polar surface area (TPSA) is 29.5 Å². The zero-order valence-corrected chi connectivity index (χ0v) is 9.59. The quantitative estimate of drug-likeness (QED) is 0.679. The Morgan fingerprint density at radius 3 is 1.92 bits per heavy atom.